The van der Waals surface area contributed by atoms with Gasteiger partial charge in [0.15, 0.2) is 0 Å². The summed E-state index contributed by atoms with van der Waals surface area (Å²) in [5.41, 5.74) is 4.97. The first kappa shape index (κ1) is 21.4. The van der Waals surface area contributed by atoms with Crippen LogP contribution in [0.5, 0.6) is 5.75 Å². The van der Waals surface area contributed by atoms with Crippen molar-refractivity contribution in [2.75, 3.05) is 44.7 Å². The van der Waals surface area contributed by atoms with Gasteiger partial charge in [-0.25, -0.2) is 0 Å². The van der Waals surface area contributed by atoms with Crippen molar-refractivity contribution in [1.82, 2.24) is 9.80 Å². The number of rotatable bonds is 6. The van der Waals surface area contributed by atoms with E-state index in [9.17, 15) is 9.59 Å². The van der Waals surface area contributed by atoms with Crippen LogP contribution in [0.15, 0.2) is 42.5 Å². The Morgan fingerprint density at radius 1 is 0.968 bits per heavy atom. The number of carbonyl (C=O) groups excluding carboxylic acids is 2. The number of hydrogen-bond acceptors (Lipinski definition) is 5. The molecule has 0 aromatic heterocycles. The van der Waals surface area contributed by atoms with Crippen LogP contribution in [-0.4, -0.2) is 67.5 Å². The molecule has 2 aromatic rings. The monoisotopic (exact) mass is 421 g/mol. The van der Waals surface area contributed by atoms with Crippen LogP contribution < -0.4 is 9.64 Å². The third-order valence-electron chi connectivity index (χ3n) is 6.68. The lowest BCUT2D eigenvalue weighted by molar-refractivity contribution is -0.139. The topological polar surface area (TPSA) is 53.1 Å². The summed E-state index contributed by atoms with van der Waals surface area (Å²) in [7, 11) is 1.64. The van der Waals surface area contributed by atoms with Gasteiger partial charge in [-0.3, -0.25) is 19.4 Å². The van der Waals surface area contributed by atoms with Crippen molar-refractivity contribution in [3.05, 3.63) is 59.2 Å². The van der Waals surface area contributed by atoms with Crippen LogP contribution in [0.1, 0.15) is 23.1 Å². The minimum absolute atomic E-state index is 0.0429. The van der Waals surface area contributed by atoms with Crippen molar-refractivity contribution in [1.29, 1.82) is 0 Å². The number of likely N-dealkylation sites (tertiary alicyclic amines) is 1. The van der Waals surface area contributed by atoms with E-state index in [0.29, 0.717) is 19.4 Å². The molecule has 2 amide bonds. The lowest BCUT2D eigenvalue weighted by Crippen LogP contribution is -2.52. The van der Waals surface area contributed by atoms with Gasteiger partial charge in [0, 0.05) is 38.4 Å². The molecule has 2 saturated heterocycles. The zero-order valence-electron chi connectivity index (χ0n) is 18.6. The van der Waals surface area contributed by atoms with Crippen molar-refractivity contribution in [2.45, 2.75) is 32.7 Å². The summed E-state index contributed by atoms with van der Waals surface area (Å²) in [5.74, 6) is 0.705. The van der Waals surface area contributed by atoms with Crippen LogP contribution in [0.4, 0.5) is 5.69 Å². The highest BCUT2D eigenvalue weighted by atomic mass is 16.5. The van der Waals surface area contributed by atoms with Crippen molar-refractivity contribution >= 4 is 17.5 Å². The fourth-order valence-electron chi connectivity index (χ4n) is 4.57. The van der Waals surface area contributed by atoms with Crippen molar-refractivity contribution in [2.24, 2.45) is 0 Å². The summed E-state index contributed by atoms with van der Waals surface area (Å²) in [6.07, 6.45) is 0.958. The summed E-state index contributed by atoms with van der Waals surface area (Å²) in [6.45, 7) is 8.06. The van der Waals surface area contributed by atoms with Gasteiger partial charge in [0.1, 0.15) is 5.75 Å². The Morgan fingerprint density at radius 3 is 2.35 bits per heavy atom. The van der Waals surface area contributed by atoms with Crippen LogP contribution in [0, 0.1) is 13.8 Å². The number of aryl methyl sites for hydroxylation is 1. The first-order valence-electron chi connectivity index (χ1n) is 11.0. The molecule has 164 valence electrons. The highest BCUT2D eigenvalue weighted by molar-refractivity contribution is 6.05. The van der Waals surface area contributed by atoms with Crippen molar-refractivity contribution in [3.63, 3.8) is 0 Å². The van der Waals surface area contributed by atoms with Gasteiger partial charge < -0.3 is 9.64 Å². The SMILES string of the molecule is COc1ccc(CCN2C(=O)C[C@H](N3CCN(c4cccc(C)c4C)CC3)C2=O)cc1. The van der Waals surface area contributed by atoms with Crippen LogP contribution in [0.2, 0.25) is 0 Å². The van der Waals surface area contributed by atoms with Crippen molar-refractivity contribution in [3.8, 4) is 5.75 Å². The highest BCUT2D eigenvalue weighted by Crippen LogP contribution is 2.26. The lowest BCUT2D eigenvalue weighted by atomic mass is 10.1. The third kappa shape index (κ3) is 4.44. The molecule has 0 radical (unpaired) electrons. The molecular formula is C25H31N3O3. The molecular weight excluding hydrogens is 390 g/mol. The number of ether oxygens (including phenoxy) is 1. The standard InChI is InChI=1S/C25H31N3O3/c1-18-5-4-6-22(19(18)2)26-13-15-27(16-14-26)23-17-24(29)28(25(23)30)12-11-20-7-9-21(31-3)10-8-20/h4-10,23H,11-17H2,1-3H3/t23-/m0/s1. The highest BCUT2D eigenvalue weighted by Gasteiger charge is 2.42. The van der Waals surface area contributed by atoms with E-state index in [-0.39, 0.29) is 17.9 Å². The van der Waals surface area contributed by atoms with E-state index in [2.05, 4.69) is 41.8 Å². The molecule has 6 nitrogen and oxygen atoms in total. The molecule has 31 heavy (non-hydrogen) atoms. The maximum absolute atomic E-state index is 13.0. The fourth-order valence-corrected chi connectivity index (χ4v) is 4.57. The normalized spacial score (nSPS) is 19.9. The third-order valence-corrected chi connectivity index (χ3v) is 6.68. The largest absolute Gasteiger partial charge is 0.497 e. The number of imide groups is 1. The number of carbonyl (C=O) groups is 2. The first-order chi connectivity index (χ1) is 15.0. The smallest absolute Gasteiger partial charge is 0.247 e. The predicted molar refractivity (Wildman–Crippen MR) is 122 cm³/mol. The van der Waals surface area contributed by atoms with E-state index in [1.807, 2.05) is 24.3 Å². The Balaban J connectivity index is 1.34. The number of piperazine rings is 1. The van der Waals surface area contributed by atoms with Gasteiger partial charge in [-0.1, -0.05) is 24.3 Å². The second-order valence-electron chi connectivity index (χ2n) is 8.44. The fraction of sp³-hybridized carbons (Fsp3) is 0.440. The zero-order valence-corrected chi connectivity index (χ0v) is 18.6. The molecule has 0 saturated carbocycles. The average Bonchev–Trinajstić information content (AvgIpc) is 3.08. The minimum atomic E-state index is -0.316. The summed E-state index contributed by atoms with van der Waals surface area (Å²) in [6, 6.07) is 13.9. The van der Waals surface area contributed by atoms with Crippen LogP contribution in [0.3, 0.4) is 0 Å². The lowest BCUT2D eigenvalue weighted by Gasteiger charge is -2.39. The Kier molecular flexibility index (Phi) is 6.28. The van der Waals surface area contributed by atoms with Crippen LogP contribution in [-0.2, 0) is 16.0 Å². The van der Waals surface area contributed by atoms with Gasteiger partial charge in [0.25, 0.3) is 0 Å². The second kappa shape index (κ2) is 9.10. The molecule has 1 atom stereocenters. The predicted octanol–water partition coefficient (Wildman–Crippen LogP) is 2.80. The molecule has 0 N–H and O–H groups in total. The second-order valence-corrected chi connectivity index (χ2v) is 8.44. The van der Waals surface area contributed by atoms with E-state index in [1.165, 1.54) is 21.7 Å². The van der Waals surface area contributed by atoms with Gasteiger partial charge >= 0.3 is 0 Å². The number of hydrogen-bond donors (Lipinski definition) is 0. The molecule has 2 aliphatic rings. The van der Waals surface area contributed by atoms with Crippen LogP contribution >= 0.6 is 0 Å². The van der Waals surface area contributed by atoms with E-state index in [0.717, 1.165) is 37.5 Å². The Bertz CT molecular complexity index is 949. The Morgan fingerprint density at radius 2 is 1.68 bits per heavy atom. The van der Waals surface area contributed by atoms with E-state index >= 15 is 0 Å². The number of nitrogens with zero attached hydrogens (tertiary/aromatic N) is 3. The molecule has 0 bridgehead atoms. The van der Waals surface area contributed by atoms with E-state index < -0.39 is 0 Å². The molecule has 2 fully saturated rings. The summed E-state index contributed by atoms with van der Waals surface area (Å²) >= 11 is 0. The first-order valence-corrected chi connectivity index (χ1v) is 11.0. The zero-order chi connectivity index (χ0) is 22.0. The minimum Gasteiger partial charge on any atom is -0.497 e. The quantitative estimate of drug-likeness (QED) is 0.672. The van der Waals surface area contributed by atoms with Crippen molar-refractivity contribution < 1.29 is 14.3 Å². The van der Waals surface area contributed by atoms with Gasteiger partial charge in [-0.05, 0) is 55.2 Å². The molecule has 2 heterocycles. The average molecular weight is 422 g/mol. The van der Waals surface area contributed by atoms with Gasteiger partial charge in [0.2, 0.25) is 11.8 Å². The number of methoxy groups -OCH3 is 1. The summed E-state index contributed by atoms with van der Waals surface area (Å²) < 4.78 is 5.18. The Labute approximate surface area is 184 Å². The van der Waals surface area contributed by atoms with E-state index in [4.69, 9.17) is 4.74 Å². The number of anilines is 1. The molecule has 6 heteroatoms. The molecule has 2 aromatic carbocycles. The molecule has 2 aliphatic heterocycles. The molecule has 0 unspecified atom stereocenters. The molecule has 0 spiro atoms. The molecule has 4 rings (SSSR count). The van der Waals surface area contributed by atoms with E-state index in [1.54, 1.807) is 7.11 Å². The van der Waals surface area contributed by atoms with Crippen LogP contribution in [0.25, 0.3) is 0 Å². The Hall–Kier alpha value is -2.86. The van der Waals surface area contributed by atoms with Gasteiger partial charge in [-0.15, -0.1) is 0 Å². The molecule has 0 aliphatic carbocycles. The van der Waals surface area contributed by atoms with Gasteiger partial charge in [-0.2, -0.15) is 0 Å². The summed E-state index contributed by atoms with van der Waals surface area (Å²) in [4.78, 5) is 31.6. The maximum Gasteiger partial charge on any atom is 0.247 e. The maximum atomic E-state index is 13.0. The number of amides is 2. The number of benzene rings is 2. The summed E-state index contributed by atoms with van der Waals surface area (Å²) in [5, 5.41) is 0. The van der Waals surface area contributed by atoms with Gasteiger partial charge in [0.05, 0.1) is 19.6 Å².